The number of benzene rings is 10. The minimum atomic E-state index is -0.594. The highest BCUT2D eigenvalue weighted by atomic mass is 16.3. The average molecular weight is 933 g/mol. The van der Waals surface area contributed by atoms with Crippen LogP contribution in [0.4, 0.5) is 17.1 Å². The van der Waals surface area contributed by atoms with Crippen LogP contribution in [0.25, 0.3) is 88.3 Å². The lowest BCUT2D eigenvalue weighted by atomic mass is 9.69. The third kappa shape index (κ3) is 5.38. The van der Waals surface area contributed by atoms with Crippen LogP contribution in [-0.4, -0.2) is 4.57 Å². The van der Waals surface area contributed by atoms with E-state index in [-0.39, 0.29) is 11.5 Å². The first-order valence-corrected chi connectivity index (χ1v) is 25.8. The Balaban J connectivity index is 0.921. The summed E-state index contributed by atoms with van der Waals surface area (Å²) in [5.41, 5.74) is 25.0. The molecule has 73 heavy (non-hydrogen) atoms. The van der Waals surface area contributed by atoms with E-state index in [1.807, 2.05) is 0 Å². The monoisotopic (exact) mass is 932 g/mol. The maximum Gasteiger partial charge on any atom is 0.135 e. The Hall–Kier alpha value is -8.92. The minimum absolute atomic E-state index is 0.172. The molecule has 12 aromatic rings. The maximum absolute atomic E-state index is 6.70. The first-order valence-electron chi connectivity index (χ1n) is 25.8. The van der Waals surface area contributed by atoms with Gasteiger partial charge in [-0.15, -0.1) is 0 Å². The largest absolute Gasteiger partial charge is 0.456 e. The van der Waals surface area contributed by atoms with Crippen molar-refractivity contribution in [2.45, 2.75) is 37.1 Å². The standard InChI is InChI=1S/C70H48N2O/c1-69(2)56-24-11-6-19-48(56)50-37-36-47(42-60(50)69)71(46-34-31-43(32-35-46)44-33-39-62-55(41-44)51-21-9-14-28-61(51)72(62)45-17-4-3-5-18-45)63-29-16-27-59-66(63)53-22-8-13-26-58(53)70(59)57-25-12-7-20-49(57)52-38-40-65-67(68(52)70)54-23-10-15-30-64(54)73-65/h3-17,19-42,45H,18H2,1-2H3. The van der Waals surface area contributed by atoms with Gasteiger partial charge in [0.1, 0.15) is 11.2 Å². The summed E-state index contributed by atoms with van der Waals surface area (Å²) in [7, 11) is 0. The molecule has 2 aromatic heterocycles. The predicted molar refractivity (Wildman–Crippen MR) is 303 cm³/mol. The molecular weight excluding hydrogens is 885 g/mol. The quantitative estimate of drug-likeness (QED) is 0.171. The lowest BCUT2D eigenvalue weighted by Gasteiger charge is -2.32. The number of para-hydroxylation sites is 2. The summed E-state index contributed by atoms with van der Waals surface area (Å²) in [5.74, 6) is 0. The van der Waals surface area contributed by atoms with Gasteiger partial charge in [-0.2, -0.15) is 0 Å². The number of nitrogens with zero attached hydrogens (tertiary/aromatic N) is 2. The number of fused-ring (bicyclic) bond motifs is 20. The van der Waals surface area contributed by atoms with E-state index < -0.39 is 5.41 Å². The second-order valence-electron chi connectivity index (χ2n) is 21.0. The molecule has 16 rings (SSSR count). The summed E-state index contributed by atoms with van der Waals surface area (Å²) in [5, 5.41) is 4.91. The molecule has 0 radical (unpaired) electrons. The Labute approximate surface area is 424 Å². The summed E-state index contributed by atoms with van der Waals surface area (Å²) in [6.45, 7) is 4.76. The SMILES string of the molecule is CC1(C)c2ccccc2-c2ccc(N(c3ccc(-c4ccc5c(c4)c4ccccc4n5C4C=CC=CC4)cc3)c3cccc4c3-c3ccccc3C43c4ccccc4-c4ccc5oc6ccccc6c5c43)cc21. The van der Waals surface area contributed by atoms with Gasteiger partial charge < -0.3 is 13.9 Å². The van der Waals surface area contributed by atoms with E-state index in [1.54, 1.807) is 0 Å². The second-order valence-corrected chi connectivity index (χ2v) is 21.0. The molecule has 0 amide bonds. The van der Waals surface area contributed by atoms with Gasteiger partial charge >= 0.3 is 0 Å². The zero-order valence-corrected chi connectivity index (χ0v) is 40.6. The van der Waals surface area contributed by atoms with Crippen molar-refractivity contribution in [2.24, 2.45) is 0 Å². The zero-order valence-electron chi connectivity index (χ0n) is 40.6. The van der Waals surface area contributed by atoms with Gasteiger partial charge in [-0.05, 0) is 139 Å². The molecule has 4 aliphatic carbocycles. The van der Waals surface area contributed by atoms with Gasteiger partial charge in [-0.1, -0.05) is 190 Å². The van der Waals surface area contributed by atoms with E-state index in [4.69, 9.17) is 4.42 Å². The summed E-state index contributed by atoms with van der Waals surface area (Å²) in [4.78, 5) is 2.54. The fourth-order valence-electron chi connectivity index (χ4n) is 14.0. The van der Waals surface area contributed by atoms with Crippen molar-refractivity contribution in [1.82, 2.24) is 4.57 Å². The molecule has 0 fully saturated rings. The van der Waals surface area contributed by atoms with Crippen molar-refractivity contribution >= 4 is 60.8 Å². The lowest BCUT2D eigenvalue weighted by Crippen LogP contribution is -2.26. The average Bonchev–Trinajstić information content (AvgIpc) is 4.21. The van der Waals surface area contributed by atoms with E-state index in [2.05, 4.69) is 260 Å². The third-order valence-corrected chi connectivity index (χ3v) is 17.1. The lowest BCUT2D eigenvalue weighted by molar-refractivity contribution is 0.648. The van der Waals surface area contributed by atoms with Crippen molar-refractivity contribution in [3.63, 3.8) is 0 Å². The van der Waals surface area contributed by atoms with Gasteiger partial charge in [0.2, 0.25) is 0 Å². The molecule has 2 atom stereocenters. The molecule has 10 aromatic carbocycles. The normalized spacial score (nSPS) is 17.3. The number of furan rings is 1. The summed E-state index contributed by atoms with van der Waals surface area (Å²) in [6.07, 6.45) is 9.94. The van der Waals surface area contributed by atoms with E-state index in [9.17, 15) is 0 Å². The number of aromatic nitrogens is 1. The molecule has 0 bridgehead atoms. The summed E-state index contributed by atoms with van der Waals surface area (Å²) < 4.78 is 9.23. The summed E-state index contributed by atoms with van der Waals surface area (Å²) in [6, 6.07) is 80.1. The van der Waals surface area contributed by atoms with Gasteiger partial charge in [-0.3, -0.25) is 0 Å². The van der Waals surface area contributed by atoms with E-state index in [0.29, 0.717) is 0 Å². The summed E-state index contributed by atoms with van der Waals surface area (Å²) >= 11 is 0. The number of allylic oxidation sites excluding steroid dienone is 4. The molecule has 344 valence electrons. The van der Waals surface area contributed by atoms with Gasteiger partial charge in [-0.25, -0.2) is 0 Å². The van der Waals surface area contributed by atoms with Crippen LogP contribution in [-0.2, 0) is 10.8 Å². The molecule has 0 saturated heterocycles. The van der Waals surface area contributed by atoms with Crippen LogP contribution in [0, 0.1) is 0 Å². The smallest absolute Gasteiger partial charge is 0.135 e. The Morgan fingerprint density at radius 3 is 1.93 bits per heavy atom. The van der Waals surface area contributed by atoms with Crippen LogP contribution in [0.15, 0.2) is 241 Å². The highest BCUT2D eigenvalue weighted by Gasteiger charge is 2.54. The second kappa shape index (κ2) is 14.8. The van der Waals surface area contributed by atoms with Crippen LogP contribution >= 0.6 is 0 Å². The van der Waals surface area contributed by atoms with Gasteiger partial charge in [0, 0.05) is 54.9 Å². The predicted octanol–water partition coefficient (Wildman–Crippen LogP) is 18.5. The molecule has 2 unspecified atom stereocenters. The fraction of sp³-hybridized carbons (Fsp3) is 0.0857. The van der Waals surface area contributed by atoms with E-state index >= 15 is 0 Å². The first kappa shape index (κ1) is 40.8. The highest BCUT2D eigenvalue weighted by molar-refractivity contribution is 6.14. The van der Waals surface area contributed by atoms with Crippen molar-refractivity contribution in [2.75, 3.05) is 4.90 Å². The van der Waals surface area contributed by atoms with Gasteiger partial charge in [0.05, 0.1) is 17.1 Å². The Morgan fingerprint density at radius 2 is 1.11 bits per heavy atom. The number of rotatable bonds is 5. The van der Waals surface area contributed by atoms with E-state index in [1.165, 1.54) is 105 Å². The molecule has 3 nitrogen and oxygen atoms in total. The van der Waals surface area contributed by atoms with Crippen LogP contribution in [0.1, 0.15) is 59.7 Å². The highest BCUT2D eigenvalue weighted by Crippen LogP contribution is 2.66. The number of anilines is 3. The number of hydrogen-bond donors (Lipinski definition) is 0. The van der Waals surface area contributed by atoms with Crippen molar-refractivity contribution in [3.8, 4) is 44.5 Å². The molecule has 0 N–H and O–H groups in total. The van der Waals surface area contributed by atoms with Gasteiger partial charge in [0.15, 0.2) is 0 Å². The molecule has 4 aliphatic rings. The van der Waals surface area contributed by atoms with Crippen LogP contribution in [0.5, 0.6) is 0 Å². The molecule has 0 saturated carbocycles. The van der Waals surface area contributed by atoms with Crippen molar-refractivity contribution < 1.29 is 4.42 Å². The minimum Gasteiger partial charge on any atom is -0.456 e. The molecule has 3 heteroatoms. The topological polar surface area (TPSA) is 21.3 Å². The van der Waals surface area contributed by atoms with Crippen molar-refractivity contribution in [1.29, 1.82) is 0 Å². The molecule has 1 spiro atoms. The Kier molecular flexibility index (Phi) is 8.28. The van der Waals surface area contributed by atoms with Gasteiger partial charge in [0.25, 0.3) is 0 Å². The third-order valence-electron chi connectivity index (χ3n) is 17.1. The van der Waals surface area contributed by atoms with E-state index in [0.717, 1.165) is 40.0 Å². The number of hydrogen-bond acceptors (Lipinski definition) is 2. The first-order chi connectivity index (χ1) is 36.0. The Bertz CT molecular complexity index is 4400. The zero-order chi connectivity index (χ0) is 48.2. The van der Waals surface area contributed by atoms with Crippen LogP contribution in [0.2, 0.25) is 0 Å². The molecule has 0 aliphatic heterocycles. The van der Waals surface area contributed by atoms with Crippen LogP contribution < -0.4 is 4.90 Å². The molecule has 2 heterocycles. The Morgan fingerprint density at radius 1 is 0.466 bits per heavy atom. The van der Waals surface area contributed by atoms with Crippen molar-refractivity contribution in [3.05, 3.63) is 270 Å². The maximum atomic E-state index is 6.70. The van der Waals surface area contributed by atoms with Crippen LogP contribution in [0.3, 0.4) is 0 Å². The fourth-order valence-corrected chi connectivity index (χ4v) is 14.0. The molecular formula is C70H48N2O.